The van der Waals surface area contributed by atoms with Crippen LogP contribution in [0.1, 0.15) is 24.8 Å². The number of aliphatic carboxylic acids is 1. The van der Waals surface area contributed by atoms with E-state index in [2.05, 4.69) is 0 Å². The number of piperidine rings is 1. The number of rotatable bonds is 5. The molecule has 6 heteroatoms. The Bertz CT molecular complexity index is 550. The van der Waals surface area contributed by atoms with Crippen LogP contribution in [-0.4, -0.2) is 53.0 Å². The zero-order valence-electron chi connectivity index (χ0n) is 12.7. The Morgan fingerprint density at radius 2 is 2.09 bits per heavy atom. The molecule has 1 unspecified atom stereocenters. The third kappa shape index (κ3) is 4.04. The summed E-state index contributed by atoms with van der Waals surface area (Å²) < 4.78 is 13.6. The molecule has 0 radical (unpaired) electrons. The molecule has 0 aliphatic carbocycles. The van der Waals surface area contributed by atoms with Crippen LogP contribution < -0.4 is 0 Å². The quantitative estimate of drug-likeness (QED) is 0.900. The molecule has 1 amide bonds. The van der Waals surface area contributed by atoms with E-state index in [-0.39, 0.29) is 24.8 Å². The molecule has 0 spiro atoms. The summed E-state index contributed by atoms with van der Waals surface area (Å²) in [6.07, 6.45) is 2.33. The van der Waals surface area contributed by atoms with Crippen molar-refractivity contribution < 1.29 is 19.1 Å². The number of benzene rings is 1. The Morgan fingerprint density at radius 3 is 2.77 bits per heavy atom. The fraction of sp³-hybridized carbons (Fsp3) is 0.500. The lowest BCUT2D eigenvalue weighted by Crippen LogP contribution is -2.49. The molecule has 1 aliphatic rings. The molecule has 0 bridgehead atoms. The van der Waals surface area contributed by atoms with Crippen LogP contribution in [0.4, 0.5) is 4.39 Å². The van der Waals surface area contributed by atoms with Crippen molar-refractivity contribution in [1.29, 1.82) is 0 Å². The summed E-state index contributed by atoms with van der Waals surface area (Å²) in [5.74, 6) is -1.43. The predicted molar refractivity (Wildman–Crippen MR) is 79.7 cm³/mol. The molecular formula is C16H21FN2O3. The fourth-order valence-corrected chi connectivity index (χ4v) is 2.72. The van der Waals surface area contributed by atoms with Crippen molar-refractivity contribution in [2.75, 3.05) is 20.1 Å². The number of nitrogens with zero attached hydrogens (tertiary/aromatic N) is 2. The maximum absolute atomic E-state index is 13.6. The normalized spacial score (nSPS) is 18.9. The summed E-state index contributed by atoms with van der Waals surface area (Å²) in [7, 11) is 1.61. The molecule has 120 valence electrons. The SMILES string of the molecule is CN(Cc1ccccc1F)C(=O)CN1CCCCC1C(=O)O. The standard InChI is InChI=1S/C16H21FN2O3/c1-18(10-12-6-2-3-7-13(12)17)15(20)11-19-9-5-4-8-14(19)16(21)22/h2-3,6-7,14H,4-5,8-11H2,1H3,(H,21,22). The third-order valence-corrected chi connectivity index (χ3v) is 4.03. The Morgan fingerprint density at radius 1 is 1.36 bits per heavy atom. The van der Waals surface area contributed by atoms with Crippen molar-refractivity contribution in [3.8, 4) is 0 Å². The molecule has 2 rings (SSSR count). The van der Waals surface area contributed by atoms with Gasteiger partial charge in [-0.2, -0.15) is 0 Å². The number of amides is 1. The van der Waals surface area contributed by atoms with Crippen molar-refractivity contribution in [3.05, 3.63) is 35.6 Å². The van der Waals surface area contributed by atoms with E-state index < -0.39 is 12.0 Å². The van der Waals surface area contributed by atoms with E-state index in [1.165, 1.54) is 11.0 Å². The topological polar surface area (TPSA) is 60.9 Å². The lowest BCUT2D eigenvalue weighted by atomic mass is 10.0. The summed E-state index contributed by atoms with van der Waals surface area (Å²) in [5.41, 5.74) is 0.451. The summed E-state index contributed by atoms with van der Waals surface area (Å²) in [4.78, 5) is 26.6. The Kier molecular flexibility index (Phi) is 5.49. The second-order valence-corrected chi connectivity index (χ2v) is 5.66. The van der Waals surface area contributed by atoms with Crippen LogP contribution in [-0.2, 0) is 16.1 Å². The number of carboxylic acids is 1. The van der Waals surface area contributed by atoms with Crippen LogP contribution in [0.5, 0.6) is 0 Å². The zero-order valence-corrected chi connectivity index (χ0v) is 12.7. The average Bonchev–Trinajstić information content (AvgIpc) is 2.49. The predicted octanol–water partition coefficient (Wildman–Crippen LogP) is 1.72. The Balaban J connectivity index is 1.96. The number of hydrogen-bond donors (Lipinski definition) is 1. The molecule has 1 aromatic carbocycles. The van der Waals surface area contributed by atoms with Crippen LogP contribution in [0.25, 0.3) is 0 Å². The number of likely N-dealkylation sites (N-methyl/N-ethyl adjacent to an activating group) is 1. The molecule has 22 heavy (non-hydrogen) atoms. The summed E-state index contributed by atoms with van der Waals surface area (Å²) in [6, 6.07) is 5.73. The Hall–Kier alpha value is -1.95. The Labute approximate surface area is 129 Å². The van der Waals surface area contributed by atoms with Crippen molar-refractivity contribution in [2.45, 2.75) is 31.8 Å². The van der Waals surface area contributed by atoms with Gasteiger partial charge in [0, 0.05) is 19.2 Å². The third-order valence-electron chi connectivity index (χ3n) is 4.03. The molecule has 0 saturated carbocycles. The highest BCUT2D eigenvalue weighted by Gasteiger charge is 2.30. The first kappa shape index (κ1) is 16.4. The van der Waals surface area contributed by atoms with Gasteiger partial charge >= 0.3 is 5.97 Å². The minimum Gasteiger partial charge on any atom is -0.480 e. The first-order valence-electron chi connectivity index (χ1n) is 7.43. The summed E-state index contributed by atoms with van der Waals surface area (Å²) in [5, 5.41) is 9.22. The maximum atomic E-state index is 13.6. The second-order valence-electron chi connectivity index (χ2n) is 5.66. The fourth-order valence-electron chi connectivity index (χ4n) is 2.72. The van der Waals surface area contributed by atoms with Crippen LogP contribution >= 0.6 is 0 Å². The largest absolute Gasteiger partial charge is 0.480 e. The van der Waals surface area contributed by atoms with E-state index in [0.29, 0.717) is 18.5 Å². The van der Waals surface area contributed by atoms with Gasteiger partial charge in [0.25, 0.3) is 0 Å². The van der Waals surface area contributed by atoms with Crippen LogP contribution in [0.3, 0.4) is 0 Å². The van der Waals surface area contributed by atoms with Gasteiger partial charge < -0.3 is 10.0 Å². The van der Waals surface area contributed by atoms with Crippen LogP contribution in [0, 0.1) is 5.82 Å². The van der Waals surface area contributed by atoms with Gasteiger partial charge in [-0.1, -0.05) is 24.6 Å². The van der Waals surface area contributed by atoms with Crippen molar-refractivity contribution in [1.82, 2.24) is 9.80 Å². The van der Waals surface area contributed by atoms with E-state index in [1.54, 1.807) is 30.1 Å². The van der Waals surface area contributed by atoms with E-state index in [4.69, 9.17) is 0 Å². The maximum Gasteiger partial charge on any atom is 0.320 e. The van der Waals surface area contributed by atoms with Gasteiger partial charge in [0.2, 0.25) is 5.91 Å². The second kappa shape index (κ2) is 7.35. The van der Waals surface area contributed by atoms with Gasteiger partial charge in [0.15, 0.2) is 0 Å². The summed E-state index contributed by atoms with van der Waals surface area (Å²) in [6.45, 7) is 0.843. The molecule has 5 nitrogen and oxygen atoms in total. The molecule has 1 aliphatic heterocycles. The monoisotopic (exact) mass is 308 g/mol. The lowest BCUT2D eigenvalue weighted by Gasteiger charge is -2.33. The minimum atomic E-state index is -0.885. The number of carboxylic acid groups (broad SMARTS) is 1. The van der Waals surface area contributed by atoms with Crippen LogP contribution in [0.2, 0.25) is 0 Å². The molecule has 0 aromatic heterocycles. The number of carbonyl (C=O) groups is 2. The number of halogens is 1. The molecule has 1 saturated heterocycles. The molecule has 1 heterocycles. The van der Waals surface area contributed by atoms with Gasteiger partial charge in [-0.15, -0.1) is 0 Å². The van der Waals surface area contributed by atoms with Crippen molar-refractivity contribution >= 4 is 11.9 Å². The van der Waals surface area contributed by atoms with Gasteiger partial charge in [0.05, 0.1) is 6.54 Å². The first-order valence-corrected chi connectivity index (χ1v) is 7.43. The van der Waals surface area contributed by atoms with Crippen molar-refractivity contribution in [3.63, 3.8) is 0 Å². The molecule has 1 atom stereocenters. The van der Waals surface area contributed by atoms with E-state index in [9.17, 15) is 19.1 Å². The molecule has 1 aromatic rings. The van der Waals surface area contributed by atoms with E-state index in [0.717, 1.165) is 12.8 Å². The van der Waals surface area contributed by atoms with Gasteiger partial charge in [0.1, 0.15) is 11.9 Å². The van der Waals surface area contributed by atoms with E-state index >= 15 is 0 Å². The molecule has 1 fully saturated rings. The smallest absolute Gasteiger partial charge is 0.320 e. The van der Waals surface area contributed by atoms with Crippen LogP contribution in [0.15, 0.2) is 24.3 Å². The van der Waals surface area contributed by atoms with E-state index in [1.807, 2.05) is 0 Å². The lowest BCUT2D eigenvalue weighted by molar-refractivity contribution is -0.146. The van der Waals surface area contributed by atoms with Crippen molar-refractivity contribution in [2.24, 2.45) is 0 Å². The average molecular weight is 308 g/mol. The number of hydrogen-bond acceptors (Lipinski definition) is 3. The highest BCUT2D eigenvalue weighted by molar-refractivity contribution is 5.80. The van der Waals surface area contributed by atoms with Gasteiger partial charge in [-0.25, -0.2) is 4.39 Å². The van der Waals surface area contributed by atoms with Gasteiger partial charge in [-0.3, -0.25) is 14.5 Å². The first-order chi connectivity index (χ1) is 10.5. The number of likely N-dealkylation sites (tertiary alicyclic amines) is 1. The minimum absolute atomic E-state index is 0.0575. The summed E-state index contributed by atoms with van der Waals surface area (Å²) >= 11 is 0. The molecule has 1 N–H and O–H groups in total. The van der Waals surface area contributed by atoms with Gasteiger partial charge in [-0.05, 0) is 25.5 Å². The zero-order chi connectivity index (χ0) is 16.1. The molecular weight excluding hydrogens is 287 g/mol. The number of carbonyl (C=O) groups excluding carboxylic acids is 1. The highest BCUT2D eigenvalue weighted by Crippen LogP contribution is 2.17. The highest BCUT2D eigenvalue weighted by atomic mass is 19.1.